The first kappa shape index (κ1) is 20.8. The van der Waals surface area contributed by atoms with Crippen LogP contribution in [0.1, 0.15) is 57.9 Å². The van der Waals surface area contributed by atoms with Crippen molar-refractivity contribution in [1.29, 1.82) is 0 Å². The maximum absolute atomic E-state index is 12.8. The minimum absolute atomic E-state index is 0.0999. The van der Waals surface area contributed by atoms with Gasteiger partial charge in [0.25, 0.3) is 5.91 Å². The van der Waals surface area contributed by atoms with E-state index in [-0.39, 0.29) is 5.91 Å². The van der Waals surface area contributed by atoms with Gasteiger partial charge in [0, 0.05) is 0 Å². The molecule has 0 saturated carbocycles. The van der Waals surface area contributed by atoms with Crippen LogP contribution >= 0.6 is 0 Å². The van der Waals surface area contributed by atoms with Gasteiger partial charge in [-0.2, -0.15) is 10.1 Å². The zero-order valence-corrected chi connectivity index (χ0v) is 17.4. The first-order chi connectivity index (χ1) is 14.2. The van der Waals surface area contributed by atoms with Gasteiger partial charge >= 0.3 is 0 Å². The summed E-state index contributed by atoms with van der Waals surface area (Å²) in [6, 6.07) is 17.4. The Balaban J connectivity index is 1.54. The highest BCUT2D eigenvalue weighted by Gasteiger charge is 2.28. The van der Waals surface area contributed by atoms with Crippen LogP contribution in [-0.4, -0.2) is 18.2 Å². The van der Waals surface area contributed by atoms with E-state index in [0.29, 0.717) is 5.57 Å². The van der Waals surface area contributed by atoms with Crippen LogP contribution in [0.25, 0.3) is 6.08 Å². The van der Waals surface area contributed by atoms with Crippen LogP contribution in [0.5, 0.6) is 5.75 Å². The van der Waals surface area contributed by atoms with Crippen molar-refractivity contribution in [3.63, 3.8) is 0 Å². The van der Waals surface area contributed by atoms with Crippen molar-refractivity contribution in [3.8, 4) is 5.75 Å². The molecule has 0 fully saturated rings. The lowest BCUT2D eigenvalue weighted by molar-refractivity contribution is -0.114. The fourth-order valence-electron chi connectivity index (χ4n) is 3.33. The minimum Gasteiger partial charge on any atom is -0.494 e. The highest BCUT2D eigenvalue weighted by molar-refractivity contribution is 6.32. The fourth-order valence-corrected chi connectivity index (χ4v) is 3.33. The summed E-state index contributed by atoms with van der Waals surface area (Å²) in [7, 11) is 0. The number of para-hydroxylation sites is 1. The van der Waals surface area contributed by atoms with Crippen molar-refractivity contribution in [2.24, 2.45) is 5.10 Å². The molecule has 0 saturated heterocycles. The van der Waals surface area contributed by atoms with Crippen molar-refractivity contribution < 1.29 is 9.53 Å². The van der Waals surface area contributed by atoms with E-state index in [0.717, 1.165) is 35.7 Å². The molecule has 0 aromatic heterocycles. The molecule has 3 rings (SSSR count). The van der Waals surface area contributed by atoms with Crippen LogP contribution in [0.4, 0.5) is 5.69 Å². The Morgan fingerprint density at radius 2 is 1.62 bits per heavy atom. The highest BCUT2D eigenvalue weighted by atomic mass is 16.5. The van der Waals surface area contributed by atoms with Crippen LogP contribution in [0.2, 0.25) is 0 Å². The van der Waals surface area contributed by atoms with E-state index in [2.05, 4.69) is 12.0 Å². The van der Waals surface area contributed by atoms with Crippen LogP contribution < -0.4 is 9.75 Å². The van der Waals surface area contributed by atoms with Gasteiger partial charge in [-0.15, -0.1) is 0 Å². The van der Waals surface area contributed by atoms with E-state index < -0.39 is 0 Å². The largest absolute Gasteiger partial charge is 0.494 e. The number of anilines is 1. The molecule has 0 atom stereocenters. The predicted octanol–water partition coefficient (Wildman–Crippen LogP) is 6.23. The van der Waals surface area contributed by atoms with Crippen LogP contribution in [0.15, 0.2) is 65.3 Å². The molecule has 0 unspecified atom stereocenters. The van der Waals surface area contributed by atoms with Gasteiger partial charge in [0.1, 0.15) is 5.75 Å². The molecule has 2 aromatic carbocycles. The molecule has 1 aliphatic rings. The first-order valence-electron chi connectivity index (χ1n) is 10.6. The average Bonchev–Trinajstić information content (AvgIpc) is 3.03. The summed E-state index contributed by atoms with van der Waals surface area (Å²) in [5.41, 5.74) is 3.08. The van der Waals surface area contributed by atoms with Gasteiger partial charge in [-0.3, -0.25) is 4.79 Å². The maximum atomic E-state index is 12.8. The number of unbranched alkanes of at least 4 members (excludes halogenated alkanes) is 5. The van der Waals surface area contributed by atoms with Gasteiger partial charge in [-0.25, -0.2) is 0 Å². The van der Waals surface area contributed by atoms with Crippen molar-refractivity contribution in [1.82, 2.24) is 0 Å². The number of benzene rings is 2. The van der Waals surface area contributed by atoms with E-state index >= 15 is 0 Å². The number of rotatable bonds is 10. The molecular weight excluding hydrogens is 360 g/mol. The van der Waals surface area contributed by atoms with Gasteiger partial charge in [-0.1, -0.05) is 69.4 Å². The quantitative estimate of drug-likeness (QED) is 0.356. The van der Waals surface area contributed by atoms with Gasteiger partial charge in [0.15, 0.2) is 0 Å². The zero-order chi connectivity index (χ0) is 20.5. The molecule has 0 spiro atoms. The van der Waals surface area contributed by atoms with E-state index in [1.807, 2.05) is 67.6 Å². The molecule has 2 aromatic rings. The number of hydrogen-bond acceptors (Lipinski definition) is 3. The second-order valence-corrected chi connectivity index (χ2v) is 7.38. The van der Waals surface area contributed by atoms with E-state index in [1.54, 1.807) is 0 Å². The van der Waals surface area contributed by atoms with Crippen molar-refractivity contribution >= 4 is 23.4 Å². The second kappa shape index (κ2) is 10.6. The molecule has 1 amide bonds. The summed E-state index contributed by atoms with van der Waals surface area (Å²) < 4.78 is 5.84. The standard InChI is InChI=1S/C25H30N2O2/c1-3-4-5-6-7-11-18-29-23-16-14-21(15-17-23)19-24-20(2)26-27(25(24)28)22-12-9-8-10-13-22/h8-10,12-17,19H,3-7,11,18H2,1-2H3/b24-19-. The molecule has 0 radical (unpaired) electrons. The molecular formula is C25H30N2O2. The number of amides is 1. The molecule has 152 valence electrons. The van der Waals surface area contributed by atoms with Crippen molar-refractivity contribution in [2.45, 2.75) is 52.4 Å². The number of carbonyl (C=O) groups excluding carboxylic acids is 1. The summed E-state index contributed by atoms with van der Waals surface area (Å²) in [4.78, 5) is 12.8. The molecule has 0 N–H and O–H groups in total. The van der Waals surface area contributed by atoms with E-state index in [9.17, 15) is 4.79 Å². The van der Waals surface area contributed by atoms with Gasteiger partial charge in [0.2, 0.25) is 0 Å². The molecule has 4 heteroatoms. The molecule has 0 aliphatic carbocycles. The van der Waals surface area contributed by atoms with Crippen molar-refractivity contribution in [3.05, 3.63) is 65.7 Å². The molecule has 29 heavy (non-hydrogen) atoms. The van der Waals surface area contributed by atoms with Gasteiger partial charge < -0.3 is 4.74 Å². The zero-order valence-electron chi connectivity index (χ0n) is 17.4. The smallest absolute Gasteiger partial charge is 0.280 e. The predicted molar refractivity (Wildman–Crippen MR) is 120 cm³/mol. The lowest BCUT2D eigenvalue weighted by Crippen LogP contribution is -2.21. The second-order valence-electron chi connectivity index (χ2n) is 7.38. The third-order valence-corrected chi connectivity index (χ3v) is 5.02. The molecule has 4 nitrogen and oxygen atoms in total. The topological polar surface area (TPSA) is 41.9 Å². The summed E-state index contributed by atoms with van der Waals surface area (Å²) in [6.07, 6.45) is 9.43. The Morgan fingerprint density at radius 1 is 0.931 bits per heavy atom. The third-order valence-electron chi connectivity index (χ3n) is 5.02. The number of carbonyl (C=O) groups is 1. The Bertz CT molecular complexity index is 854. The molecule has 0 bridgehead atoms. The lowest BCUT2D eigenvalue weighted by atomic mass is 10.1. The number of nitrogens with zero attached hydrogens (tertiary/aromatic N) is 2. The number of hydrogen-bond donors (Lipinski definition) is 0. The maximum Gasteiger partial charge on any atom is 0.280 e. The Labute approximate surface area is 173 Å². The summed E-state index contributed by atoms with van der Waals surface area (Å²) in [5, 5.41) is 5.88. The van der Waals surface area contributed by atoms with Crippen molar-refractivity contribution in [2.75, 3.05) is 11.6 Å². The number of hydrazone groups is 1. The van der Waals surface area contributed by atoms with Crippen LogP contribution in [0, 0.1) is 0 Å². The fraction of sp³-hybridized carbons (Fsp3) is 0.360. The van der Waals surface area contributed by atoms with Gasteiger partial charge in [-0.05, 0) is 49.2 Å². The normalized spacial score (nSPS) is 15.1. The highest BCUT2D eigenvalue weighted by Crippen LogP contribution is 2.25. The van der Waals surface area contributed by atoms with E-state index in [1.165, 1.54) is 37.1 Å². The molecule has 1 aliphatic heterocycles. The van der Waals surface area contributed by atoms with Gasteiger partial charge in [0.05, 0.1) is 23.6 Å². The number of ether oxygens (including phenoxy) is 1. The van der Waals surface area contributed by atoms with Crippen LogP contribution in [-0.2, 0) is 4.79 Å². The summed E-state index contributed by atoms with van der Waals surface area (Å²) in [6.45, 7) is 4.85. The summed E-state index contributed by atoms with van der Waals surface area (Å²) >= 11 is 0. The first-order valence-corrected chi connectivity index (χ1v) is 10.6. The summed E-state index contributed by atoms with van der Waals surface area (Å²) in [5.74, 6) is 0.770. The third kappa shape index (κ3) is 5.80. The monoisotopic (exact) mass is 390 g/mol. The Hall–Kier alpha value is -2.88. The van der Waals surface area contributed by atoms with E-state index in [4.69, 9.17) is 4.74 Å². The average molecular weight is 391 g/mol. The minimum atomic E-state index is -0.0999. The SMILES string of the molecule is CCCCCCCCOc1ccc(/C=C2\C(=O)N(c3ccccc3)N=C2C)cc1. The molecule has 1 heterocycles. The Kier molecular flexibility index (Phi) is 7.62. The lowest BCUT2D eigenvalue weighted by Gasteiger charge is -2.11. The Morgan fingerprint density at radius 3 is 2.34 bits per heavy atom. The van der Waals surface area contributed by atoms with Crippen LogP contribution in [0.3, 0.4) is 0 Å².